The molecule has 0 fully saturated rings. The zero-order chi connectivity index (χ0) is 13.5. The maximum Gasteiger partial charge on any atom is 0.228 e. The lowest BCUT2D eigenvalue weighted by Crippen LogP contribution is -2.23. The van der Waals surface area contributed by atoms with Gasteiger partial charge in [0, 0.05) is 16.6 Å². The van der Waals surface area contributed by atoms with Crippen molar-refractivity contribution >= 4 is 27.7 Å². The van der Waals surface area contributed by atoms with E-state index >= 15 is 0 Å². The monoisotopic (exact) mass is 312 g/mol. The Labute approximate surface area is 118 Å². The van der Waals surface area contributed by atoms with Crippen molar-refractivity contribution in [3.63, 3.8) is 0 Å². The molecule has 1 rings (SSSR count). The standard InChI is InChI=1S/C14H21BrN2O/c1-4-6-7-11(5-2)14(18)17-13-10(3)8-12(15)9-16-13/h8-9,11H,4-7H2,1-3H3,(H,16,17,18). The van der Waals surface area contributed by atoms with E-state index in [1.165, 1.54) is 0 Å². The maximum absolute atomic E-state index is 12.1. The van der Waals surface area contributed by atoms with Gasteiger partial charge in [0.25, 0.3) is 0 Å². The van der Waals surface area contributed by atoms with Gasteiger partial charge in [-0.3, -0.25) is 4.79 Å². The molecule has 1 N–H and O–H groups in total. The summed E-state index contributed by atoms with van der Waals surface area (Å²) in [6.07, 6.45) is 5.75. The number of aromatic nitrogens is 1. The SMILES string of the molecule is CCCCC(CC)C(=O)Nc1ncc(Br)cc1C. The largest absolute Gasteiger partial charge is 0.310 e. The Morgan fingerprint density at radius 2 is 2.22 bits per heavy atom. The molecule has 0 aliphatic rings. The van der Waals surface area contributed by atoms with Crippen LogP contribution >= 0.6 is 15.9 Å². The zero-order valence-electron chi connectivity index (χ0n) is 11.3. The van der Waals surface area contributed by atoms with Gasteiger partial charge in [0.2, 0.25) is 5.91 Å². The van der Waals surface area contributed by atoms with Crippen molar-refractivity contribution in [1.82, 2.24) is 4.98 Å². The first-order valence-corrected chi connectivity index (χ1v) is 7.30. The molecule has 1 atom stereocenters. The van der Waals surface area contributed by atoms with Crippen LogP contribution in [-0.4, -0.2) is 10.9 Å². The third-order valence-electron chi connectivity index (χ3n) is 3.06. The Kier molecular flexibility index (Phi) is 6.33. The lowest BCUT2D eigenvalue weighted by Gasteiger charge is -2.15. The number of amides is 1. The molecule has 18 heavy (non-hydrogen) atoms. The minimum atomic E-state index is 0.0869. The maximum atomic E-state index is 12.1. The number of halogens is 1. The van der Waals surface area contributed by atoms with E-state index in [2.05, 4.69) is 40.1 Å². The molecule has 0 radical (unpaired) electrons. The molecule has 3 nitrogen and oxygen atoms in total. The Morgan fingerprint density at radius 1 is 1.50 bits per heavy atom. The molecule has 1 amide bonds. The molecule has 1 heterocycles. The van der Waals surface area contributed by atoms with Crippen LogP contribution in [0.25, 0.3) is 0 Å². The molecule has 0 aromatic carbocycles. The van der Waals surface area contributed by atoms with E-state index in [1.54, 1.807) is 6.20 Å². The highest BCUT2D eigenvalue weighted by molar-refractivity contribution is 9.10. The molecule has 0 bridgehead atoms. The molecule has 1 aromatic rings. The molecule has 0 spiro atoms. The molecule has 4 heteroatoms. The molecule has 100 valence electrons. The predicted molar refractivity (Wildman–Crippen MR) is 78.6 cm³/mol. The fourth-order valence-electron chi connectivity index (χ4n) is 1.86. The Morgan fingerprint density at radius 3 is 2.78 bits per heavy atom. The molecular formula is C14H21BrN2O. The average molecular weight is 313 g/mol. The topological polar surface area (TPSA) is 42.0 Å². The van der Waals surface area contributed by atoms with Crippen molar-refractivity contribution in [3.05, 3.63) is 22.3 Å². The molecule has 0 aliphatic carbocycles. The highest BCUT2D eigenvalue weighted by Crippen LogP contribution is 2.19. The van der Waals surface area contributed by atoms with E-state index in [1.807, 2.05) is 13.0 Å². The number of aryl methyl sites for hydroxylation is 1. The Balaban J connectivity index is 2.67. The van der Waals surface area contributed by atoms with Crippen LogP contribution in [0, 0.1) is 12.8 Å². The van der Waals surface area contributed by atoms with Gasteiger partial charge in [0.1, 0.15) is 5.82 Å². The Hall–Kier alpha value is -0.900. The van der Waals surface area contributed by atoms with Crippen molar-refractivity contribution in [2.24, 2.45) is 5.92 Å². The summed E-state index contributed by atoms with van der Waals surface area (Å²) in [5.74, 6) is 0.844. The van der Waals surface area contributed by atoms with E-state index in [-0.39, 0.29) is 11.8 Å². The van der Waals surface area contributed by atoms with Crippen LogP contribution in [0.15, 0.2) is 16.7 Å². The molecule has 0 aliphatic heterocycles. The number of rotatable bonds is 6. The normalized spacial score (nSPS) is 12.2. The van der Waals surface area contributed by atoms with Crippen LogP contribution in [0.2, 0.25) is 0 Å². The van der Waals surface area contributed by atoms with Crippen LogP contribution in [0.5, 0.6) is 0 Å². The fraction of sp³-hybridized carbons (Fsp3) is 0.571. The molecular weight excluding hydrogens is 292 g/mol. The number of hydrogen-bond acceptors (Lipinski definition) is 2. The number of carbonyl (C=O) groups is 1. The third-order valence-corrected chi connectivity index (χ3v) is 3.49. The van der Waals surface area contributed by atoms with Crippen LogP contribution in [0.1, 0.15) is 45.1 Å². The second kappa shape index (κ2) is 7.52. The number of unbranched alkanes of at least 4 members (excludes halogenated alkanes) is 1. The number of nitrogens with zero attached hydrogens (tertiary/aromatic N) is 1. The van der Waals surface area contributed by atoms with Crippen molar-refractivity contribution < 1.29 is 4.79 Å². The number of anilines is 1. The quantitative estimate of drug-likeness (QED) is 0.850. The van der Waals surface area contributed by atoms with Crippen molar-refractivity contribution in [2.45, 2.75) is 46.5 Å². The smallest absolute Gasteiger partial charge is 0.228 e. The van der Waals surface area contributed by atoms with Crippen molar-refractivity contribution in [2.75, 3.05) is 5.32 Å². The number of hydrogen-bond donors (Lipinski definition) is 1. The summed E-state index contributed by atoms with van der Waals surface area (Å²) < 4.78 is 0.927. The highest BCUT2D eigenvalue weighted by atomic mass is 79.9. The summed E-state index contributed by atoms with van der Waals surface area (Å²) >= 11 is 3.36. The van der Waals surface area contributed by atoms with E-state index < -0.39 is 0 Å². The van der Waals surface area contributed by atoms with Gasteiger partial charge in [-0.15, -0.1) is 0 Å². The molecule has 0 saturated carbocycles. The van der Waals surface area contributed by atoms with Gasteiger partial charge >= 0.3 is 0 Å². The molecule has 1 unspecified atom stereocenters. The van der Waals surface area contributed by atoms with Crippen LogP contribution < -0.4 is 5.32 Å². The number of nitrogens with one attached hydrogen (secondary N) is 1. The highest BCUT2D eigenvalue weighted by Gasteiger charge is 2.17. The number of pyridine rings is 1. The van der Waals surface area contributed by atoms with E-state index in [9.17, 15) is 4.79 Å². The van der Waals surface area contributed by atoms with Gasteiger partial charge in [-0.25, -0.2) is 4.98 Å². The van der Waals surface area contributed by atoms with Crippen LogP contribution in [0.3, 0.4) is 0 Å². The van der Waals surface area contributed by atoms with Gasteiger partial charge in [-0.05, 0) is 47.3 Å². The minimum Gasteiger partial charge on any atom is -0.310 e. The van der Waals surface area contributed by atoms with Gasteiger partial charge in [-0.1, -0.05) is 26.7 Å². The Bertz CT molecular complexity index is 407. The summed E-state index contributed by atoms with van der Waals surface area (Å²) in [7, 11) is 0. The fourth-order valence-corrected chi connectivity index (χ4v) is 2.31. The van der Waals surface area contributed by atoms with E-state index in [0.29, 0.717) is 5.82 Å². The first kappa shape index (κ1) is 15.2. The number of carbonyl (C=O) groups excluding carboxylic acids is 1. The molecule has 0 saturated heterocycles. The van der Waals surface area contributed by atoms with Crippen molar-refractivity contribution in [1.29, 1.82) is 0 Å². The third kappa shape index (κ3) is 4.41. The second-order valence-electron chi connectivity index (χ2n) is 4.56. The van der Waals surface area contributed by atoms with Gasteiger partial charge in [0.15, 0.2) is 0 Å². The average Bonchev–Trinajstić information content (AvgIpc) is 2.34. The summed E-state index contributed by atoms with van der Waals surface area (Å²) in [6.45, 7) is 6.15. The van der Waals surface area contributed by atoms with E-state index in [0.717, 1.165) is 35.7 Å². The van der Waals surface area contributed by atoms with Gasteiger partial charge < -0.3 is 5.32 Å². The zero-order valence-corrected chi connectivity index (χ0v) is 12.9. The lowest BCUT2D eigenvalue weighted by molar-refractivity contribution is -0.120. The summed E-state index contributed by atoms with van der Waals surface area (Å²) in [5.41, 5.74) is 0.975. The predicted octanol–water partition coefficient (Wildman–Crippen LogP) is 4.31. The lowest BCUT2D eigenvalue weighted by atomic mass is 9.98. The second-order valence-corrected chi connectivity index (χ2v) is 5.47. The van der Waals surface area contributed by atoms with Crippen LogP contribution in [-0.2, 0) is 4.79 Å². The van der Waals surface area contributed by atoms with Gasteiger partial charge in [0.05, 0.1) is 0 Å². The van der Waals surface area contributed by atoms with E-state index in [4.69, 9.17) is 0 Å². The van der Waals surface area contributed by atoms with Gasteiger partial charge in [-0.2, -0.15) is 0 Å². The van der Waals surface area contributed by atoms with Crippen molar-refractivity contribution in [3.8, 4) is 0 Å². The minimum absolute atomic E-state index is 0.0869. The summed E-state index contributed by atoms with van der Waals surface area (Å²) in [6, 6.07) is 1.95. The summed E-state index contributed by atoms with van der Waals surface area (Å²) in [4.78, 5) is 16.4. The first-order chi connectivity index (χ1) is 8.58. The molecule has 1 aromatic heterocycles. The van der Waals surface area contributed by atoms with Crippen LogP contribution in [0.4, 0.5) is 5.82 Å². The summed E-state index contributed by atoms with van der Waals surface area (Å²) in [5, 5.41) is 2.93. The first-order valence-electron chi connectivity index (χ1n) is 6.51.